The van der Waals surface area contributed by atoms with Gasteiger partial charge in [0.1, 0.15) is 5.82 Å². The van der Waals surface area contributed by atoms with E-state index in [0.29, 0.717) is 5.69 Å². The highest BCUT2D eigenvalue weighted by molar-refractivity contribution is 5.46. The third kappa shape index (κ3) is 5.57. The zero-order chi connectivity index (χ0) is 11.6. The minimum Gasteiger partial charge on any atom is -0.386 e. The van der Waals surface area contributed by atoms with Gasteiger partial charge in [-0.1, -0.05) is 33.8 Å². The van der Waals surface area contributed by atoms with Crippen molar-refractivity contribution in [2.75, 3.05) is 12.4 Å². The van der Waals surface area contributed by atoms with E-state index in [4.69, 9.17) is 0 Å². The SMILES string of the molecule is CC.CC.CNc1cc(C)ccc1F. The first-order chi connectivity index (χ1) is 6.74. The second kappa shape index (κ2) is 10.0. The van der Waals surface area contributed by atoms with E-state index in [9.17, 15) is 4.39 Å². The van der Waals surface area contributed by atoms with Crippen LogP contribution in [0.2, 0.25) is 0 Å². The lowest BCUT2D eigenvalue weighted by atomic mass is 10.2. The minimum atomic E-state index is -0.201. The monoisotopic (exact) mass is 199 g/mol. The van der Waals surface area contributed by atoms with E-state index in [1.807, 2.05) is 34.6 Å². The maximum absolute atomic E-state index is 12.7. The predicted molar refractivity (Wildman–Crippen MR) is 63.4 cm³/mol. The van der Waals surface area contributed by atoms with Crippen molar-refractivity contribution in [1.29, 1.82) is 0 Å². The molecular weight excluding hydrogens is 177 g/mol. The molecule has 0 aliphatic heterocycles. The molecule has 14 heavy (non-hydrogen) atoms. The standard InChI is InChI=1S/C8H10FN.2C2H6/c1-6-3-4-7(9)8(5-6)10-2;2*1-2/h3-5,10H,1-2H3;2*1-2H3. The predicted octanol–water partition coefficient (Wildman–Crippen LogP) is 4.23. The lowest BCUT2D eigenvalue weighted by Crippen LogP contribution is -1.91. The third-order valence-electron chi connectivity index (χ3n) is 1.39. The first-order valence-electron chi connectivity index (χ1n) is 5.18. The molecule has 0 saturated heterocycles. The Morgan fingerprint density at radius 3 is 1.93 bits per heavy atom. The average Bonchev–Trinajstić information content (AvgIpc) is 2.27. The van der Waals surface area contributed by atoms with Crippen LogP contribution in [-0.2, 0) is 0 Å². The van der Waals surface area contributed by atoms with Gasteiger partial charge in [0.15, 0.2) is 0 Å². The first kappa shape index (κ1) is 15.4. The number of hydrogen-bond acceptors (Lipinski definition) is 1. The van der Waals surface area contributed by atoms with E-state index in [1.54, 1.807) is 19.2 Å². The van der Waals surface area contributed by atoms with Gasteiger partial charge in [-0.25, -0.2) is 4.39 Å². The first-order valence-corrected chi connectivity index (χ1v) is 5.18. The normalized spacial score (nSPS) is 7.64. The van der Waals surface area contributed by atoms with Crippen molar-refractivity contribution in [3.05, 3.63) is 29.6 Å². The summed E-state index contributed by atoms with van der Waals surface area (Å²) in [6.07, 6.45) is 0. The summed E-state index contributed by atoms with van der Waals surface area (Å²) in [7, 11) is 1.71. The molecule has 0 spiro atoms. The van der Waals surface area contributed by atoms with Gasteiger partial charge in [0.25, 0.3) is 0 Å². The molecule has 1 N–H and O–H groups in total. The van der Waals surface area contributed by atoms with Gasteiger partial charge in [-0.2, -0.15) is 0 Å². The van der Waals surface area contributed by atoms with E-state index in [-0.39, 0.29) is 5.82 Å². The summed E-state index contributed by atoms with van der Waals surface area (Å²) >= 11 is 0. The van der Waals surface area contributed by atoms with E-state index in [0.717, 1.165) is 5.56 Å². The van der Waals surface area contributed by atoms with Crippen molar-refractivity contribution in [2.24, 2.45) is 0 Å². The van der Waals surface area contributed by atoms with Crippen LogP contribution >= 0.6 is 0 Å². The van der Waals surface area contributed by atoms with Crippen molar-refractivity contribution in [2.45, 2.75) is 34.6 Å². The number of nitrogens with one attached hydrogen (secondary N) is 1. The number of halogens is 1. The van der Waals surface area contributed by atoms with Crippen molar-refractivity contribution in [3.63, 3.8) is 0 Å². The number of benzene rings is 1. The van der Waals surface area contributed by atoms with E-state index in [1.165, 1.54) is 6.07 Å². The van der Waals surface area contributed by atoms with Crippen molar-refractivity contribution in [3.8, 4) is 0 Å². The summed E-state index contributed by atoms with van der Waals surface area (Å²) in [6, 6.07) is 4.98. The van der Waals surface area contributed by atoms with Crippen molar-refractivity contribution in [1.82, 2.24) is 0 Å². The van der Waals surface area contributed by atoms with Gasteiger partial charge < -0.3 is 5.32 Å². The van der Waals surface area contributed by atoms with E-state index < -0.39 is 0 Å². The Bertz CT molecular complexity index is 234. The smallest absolute Gasteiger partial charge is 0.146 e. The molecule has 0 fully saturated rings. The van der Waals surface area contributed by atoms with Crippen LogP contribution in [0.4, 0.5) is 10.1 Å². The lowest BCUT2D eigenvalue weighted by Gasteiger charge is -2.01. The van der Waals surface area contributed by atoms with Gasteiger partial charge in [0, 0.05) is 7.05 Å². The van der Waals surface area contributed by atoms with E-state index in [2.05, 4.69) is 5.32 Å². The van der Waals surface area contributed by atoms with Crippen LogP contribution in [0.1, 0.15) is 33.3 Å². The zero-order valence-electron chi connectivity index (χ0n) is 10.1. The van der Waals surface area contributed by atoms with Gasteiger partial charge >= 0.3 is 0 Å². The second-order valence-electron chi connectivity index (χ2n) is 2.23. The van der Waals surface area contributed by atoms with Gasteiger partial charge in [-0.3, -0.25) is 0 Å². The molecule has 1 nitrogen and oxygen atoms in total. The third-order valence-corrected chi connectivity index (χ3v) is 1.39. The summed E-state index contributed by atoms with van der Waals surface area (Å²) in [5.74, 6) is -0.201. The fraction of sp³-hybridized carbons (Fsp3) is 0.500. The zero-order valence-corrected chi connectivity index (χ0v) is 10.1. The maximum atomic E-state index is 12.7. The van der Waals surface area contributed by atoms with Gasteiger partial charge in [0.2, 0.25) is 0 Å². The highest BCUT2D eigenvalue weighted by Gasteiger charge is 1.96. The van der Waals surface area contributed by atoms with Crippen LogP contribution in [0.25, 0.3) is 0 Å². The molecule has 0 radical (unpaired) electrons. The molecule has 1 rings (SSSR count). The topological polar surface area (TPSA) is 12.0 Å². The van der Waals surface area contributed by atoms with Gasteiger partial charge in [-0.15, -0.1) is 0 Å². The van der Waals surface area contributed by atoms with Crippen LogP contribution in [0, 0.1) is 12.7 Å². The summed E-state index contributed by atoms with van der Waals surface area (Å²) in [5.41, 5.74) is 1.62. The Hall–Kier alpha value is -1.05. The molecule has 2 heteroatoms. The fourth-order valence-corrected chi connectivity index (χ4v) is 0.831. The molecule has 0 aliphatic rings. The molecule has 0 atom stereocenters. The Labute approximate surface area is 87.3 Å². The fourth-order valence-electron chi connectivity index (χ4n) is 0.831. The molecule has 82 valence electrons. The van der Waals surface area contributed by atoms with Crippen molar-refractivity contribution >= 4 is 5.69 Å². The lowest BCUT2D eigenvalue weighted by molar-refractivity contribution is 0.631. The maximum Gasteiger partial charge on any atom is 0.146 e. The quantitative estimate of drug-likeness (QED) is 0.713. The summed E-state index contributed by atoms with van der Waals surface area (Å²) in [6.45, 7) is 9.93. The second-order valence-corrected chi connectivity index (χ2v) is 2.23. The Kier molecular flexibility index (Phi) is 11.1. The van der Waals surface area contributed by atoms with Crippen LogP contribution in [-0.4, -0.2) is 7.05 Å². The molecular formula is C12H22FN. The number of anilines is 1. The Balaban J connectivity index is 0. The minimum absolute atomic E-state index is 0.201. The number of hydrogen-bond donors (Lipinski definition) is 1. The molecule has 0 heterocycles. The summed E-state index contributed by atoms with van der Waals surface area (Å²) in [5, 5.41) is 2.76. The van der Waals surface area contributed by atoms with Crippen molar-refractivity contribution < 1.29 is 4.39 Å². The van der Waals surface area contributed by atoms with Crippen LogP contribution < -0.4 is 5.32 Å². The van der Waals surface area contributed by atoms with Gasteiger partial charge in [0.05, 0.1) is 5.69 Å². The molecule has 0 amide bonds. The number of aryl methyl sites for hydroxylation is 1. The van der Waals surface area contributed by atoms with Crippen LogP contribution in [0.3, 0.4) is 0 Å². The van der Waals surface area contributed by atoms with Crippen LogP contribution in [0.5, 0.6) is 0 Å². The number of rotatable bonds is 1. The molecule has 0 aliphatic carbocycles. The summed E-state index contributed by atoms with van der Waals surface area (Å²) in [4.78, 5) is 0. The molecule has 1 aromatic rings. The molecule has 0 unspecified atom stereocenters. The molecule has 0 bridgehead atoms. The van der Waals surface area contributed by atoms with Crippen LogP contribution in [0.15, 0.2) is 18.2 Å². The van der Waals surface area contributed by atoms with E-state index >= 15 is 0 Å². The molecule has 0 saturated carbocycles. The largest absolute Gasteiger partial charge is 0.386 e. The molecule has 1 aromatic carbocycles. The Morgan fingerprint density at radius 2 is 1.57 bits per heavy atom. The van der Waals surface area contributed by atoms with Gasteiger partial charge in [-0.05, 0) is 24.6 Å². The average molecular weight is 199 g/mol. The highest BCUT2D eigenvalue weighted by atomic mass is 19.1. The Morgan fingerprint density at radius 1 is 1.07 bits per heavy atom. The highest BCUT2D eigenvalue weighted by Crippen LogP contribution is 2.13. The summed E-state index contributed by atoms with van der Waals surface area (Å²) < 4.78 is 12.7. The molecule has 0 aromatic heterocycles.